The van der Waals surface area contributed by atoms with Gasteiger partial charge in [-0.1, -0.05) is 12.1 Å². The van der Waals surface area contributed by atoms with Crippen LogP contribution in [0.3, 0.4) is 0 Å². The van der Waals surface area contributed by atoms with Gasteiger partial charge in [0, 0.05) is 11.6 Å². The van der Waals surface area contributed by atoms with Crippen molar-refractivity contribution in [1.29, 1.82) is 0 Å². The molecule has 1 aliphatic rings. The summed E-state index contributed by atoms with van der Waals surface area (Å²) in [5.41, 5.74) is 2.51. The zero-order valence-corrected chi connectivity index (χ0v) is 15.2. The molecule has 146 valence electrons. The molecule has 5 rings (SSSR count). The topological polar surface area (TPSA) is 77.8 Å². The monoisotopic (exact) mass is 394 g/mol. The molecule has 0 bridgehead atoms. The van der Waals surface area contributed by atoms with Gasteiger partial charge in [0.15, 0.2) is 5.82 Å². The first-order chi connectivity index (χ1) is 14.2. The molecule has 0 aliphatic heterocycles. The first kappa shape index (κ1) is 17.5. The van der Waals surface area contributed by atoms with Crippen molar-refractivity contribution < 1.29 is 13.5 Å². The summed E-state index contributed by atoms with van der Waals surface area (Å²) in [6, 6.07) is 14.0. The molecule has 4 aromatic rings. The van der Waals surface area contributed by atoms with Gasteiger partial charge in [0.05, 0.1) is 17.2 Å². The van der Waals surface area contributed by atoms with E-state index in [4.69, 9.17) is 4.98 Å². The van der Waals surface area contributed by atoms with Crippen molar-refractivity contribution in [3.8, 4) is 11.6 Å². The minimum Gasteiger partial charge on any atom is -0.435 e. The lowest BCUT2D eigenvalue weighted by atomic mass is 10.3. The Morgan fingerprint density at radius 1 is 1.03 bits per heavy atom. The number of benzene rings is 2. The molecular weight excluding hydrogens is 378 g/mol. The molecule has 1 fully saturated rings. The molecule has 2 aromatic heterocycles. The number of para-hydroxylation sites is 2. The molecule has 1 saturated carbocycles. The van der Waals surface area contributed by atoms with Crippen LogP contribution in [0.15, 0.2) is 54.7 Å². The average Bonchev–Trinajstić information content (AvgIpc) is 3.49. The molecule has 0 spiro atoms. The zero-order valence-electron chi connectivity index (χ0n) is 15.2. The fourth-order valence-electron chi connectivity index (χ4n) is 3.21. The molecule has 0 atom stereocenters. The van der Waals surface area contributed by atoms with Crippen molar-refractivity contribution in [2.45, 2.75) is 25.4 Å². The summed E-state index contributed by atoms with van der Waals surface area (Å²) in [5, 5.41) is 11.1. The Hall–Kier alpha value is -3.62. The Morgan fingerprint density at radius 2 is 1.83 bits per heavy atom. The Balaban J connectivity index is 1.46. The van der Waals surface area contributed by atoms with Crippen LogP contribution in [-0.2, 0) is 0 Å². The minimum atomic E-state index is -2.86. The maximum atomic E-state index is 12.3. The number of rotatable bonds is 6. The van der Waals surface area contributed by atoms with Crippen LogP contribution in [0, 0.1) is 0 Å². The van der Waals surface area contributed by atoms with Gasteiger partial charge in [0.1, 0.15) is 11.6 Å². The summed E-state index contributed by atoms with van der Waals surface area (Å²) in [6.45, 7) is -2.86. The second-order valence-electron chi connectivity index (χ2n) is 6.73. The molecule has 2 heterocycles. The van der Waals surface area contributed by atoms with E-state index in [1.807, 2.05) is 28.8 Å². The van der Waals surface area contributed by atoms with E-state index < -0.39 is 6.61 Å². The van der Waals surface area contributed by atoms with E-state index in [1.165, 1.54) is 12.1 Å². The number of ether oxygens (including phenoxy) is 1. The second kappa shape index (κ2) is 7.08. The molecule has 1 aliphatic carbocycles. The summed E-state index contributed by atoms with van der Waals surface area (Å²) >= 11 is 0. The van der Waals surface area contributed by atoms with Crippen LogP contribution in [0.1, 0.15) is 24.6 Å². The molecule has 9 heteroatoms. The number of halogens is 2. The Labute approximate surface area is 164 Å². The van der Waals surface area contributed by atoms with Gasteiger partial charge >= 0.3 is 6.61 Å². The number of imidazole rings is 1. The number of hydrogen-bond donors (Lipinski definition) is 1. The zero-order chi connectivity index (χ0) is 19.8. The van der Waals surface area contributed by atoms with Gasteiger partial charge < -0.3 is 10.1 Å². The smallest absolute Gasteiger partial charge is 0.387 e. The fourth-order valence-corrected chi connectivity index (χ4v) is 3.21. The number of aromatic nitrogens is 5. The second-order valence-corrected chi connectivity index (χ2v) is 6.73. The lowest BCUT2D eigenvalue weighted by Crippen LogP contribution is -2.07. The van der Waals surface area contributed by atoms with Crippen LogP contribution < -0.4 is 10.1 Å². The number of alkyl halides is 2. The first-order valence-corrected chi connectivity index (χ1v) is 9.17. The highest BCUT2D eigenvalue weighted by Crippen LogP contribution is 2.41. The predicted molar refractivity (Wildman–Crippen MR) is 103 cm³/mol. The van der Waals surface area contributed by atoms with Gasteiger partial charge in [-0.3, -0.25) is 4.57 Å². The summed E-state index contributed by atoms with van der Waals surface area (Å²) < 4.78 is 30.9. The molecular formula is C20H16F2N6O. The molecule has 29 heavy (non-hydrogen) atoms. The summed E-state index contributed by atoms with van der Waals surface area (Å²) in [4.78, 5) is 9.37. The lowest BCUT2D eigenvalue weighted by molar-refractivity contribution is -0.0498. The van der Waals surface area contributed by atoms with Crippen LogP contribution >= 0.6 is 0 Å². The average molecular weight is 394 g/mol. The molecule has 7 nitrogen and oxygen atoms in total. The van der Waals surface area contributed by atoms with Gasteiger partial charge in [-0.15, -0.1) is 5.10 Å². The third kappa shape index (κ3) is 3.58. The van der Waals surface area contributed by atoms with E-state index in [2.05, 4.69) is 25.2 Å². The van der Waals surface area contributed by atoms with E-state index >= 15 is 0 Å². The number of fused-ring (bicyclic) bond motifs is 1. The largest absolute Gasteiger partial charge is 0.435 e. The van der Waals surface area contributed by atoms with Crippen LogP contribution in [0.2, 0.25) is 0 Å². The third-order valence-electron chi connectivity index (χ3n) is 4.64. The quantitative estimate of drug-likeness (QED) is 0.521. The Kier molecular flexibility index (Phi) is 4.27. The molecule has 0 unspecified atom stereocenters. The standard InChI is InChI=1S/C20H16F2N6O/c21-19(22)29-14-9-7-13(8-10-14)24-20-26-17(11-23-27-20)28-16-4-2-1-3-15(16)25-18(28)12-5-6-12/h1-4,7-12,19H,5-6H2,(H,24,26,27). The van der Waals surface area contributed by atoms with Crippen LogP contribution in [0.25, 0.3) is 16.9 Å². The van der Waals surface area contributed by atoms with Crippen LogP contribution in [0.5, 0.6) is 5.75 Å². The van der Waals surface area contributed by atoms with Gasteiger partial charge in [0.25, 0.3) is 0 Å². The number of nitrogens with zero attached hydrogens (tertiary/aromatic N) is 5. The number of hydrogen-bond acceptors (Lipinski definition) is 6. The van der Waals surface area contributed by atoms with Crippen molar-refractivity contribution in [2.75, 3.05) is 5.32 Å². The maximum absolute atomic E-state index is 12.3. The van der Waals surface area contributed by atoms with Crippen molar-refractivity contribution in [3.05, 3.63) is 60.6 Å². The highest BCUT2D eigenvalue weighted by molar-refractivity contribution is 5.78. The Bertz CT molecular complexity index is 1160. The molecule has 0 saturated heterocycles. The van der Waals surface area contributed by atoms with E-state index in [0.29, 0.717) is 23.4 Å². The Morgan fingerprint density at radius 3 is 2.59 bits per heavy atom. The molecule has 0 radical (unpaired) electrons. The van der Waals surface area contributed by atoms with Crippen molar-refractivity contribution in [1.82, 2.24) is 24.7 Å². The third-order valence-corrected chi connectivity index (χ3v) is 4.64. The maximum Gasteiger partial charge on any atom is 0.387 e. The summed E-state index contributed by atoms with van der Waals surface area (Å²) in [7, 11) is 0. The van der Waals surface area contributed by atoms with E-state index in [0.717, 1.165) is 29.7 Å². The summed E-state index contributed by atoms with van der Waals surface area (Å²) in [6.07, 6.45) is 3.82. The van der Waals surface area contributed by atoms with Crippen molar-refractivity contribution in [2.24, 2.45) is 0 Å². The SMILES string of the molecule is FC(F)Oc1ccc(Nc2nncc(-n3c(C4CC4)nc4ccccc43)n2)cc1. The van der Waals surface area contributed by atoms with Crippen LogP contribution in [0.4, 0.5) is 20.4 Å². The normalized spacial score (nSPS) is 13.8. The van der Waals surface area contributed by atoms with Gasteiger partial charge in [-0.2, -0.15) is 18.9 Å². The number of nitrogens with one attached hydrogen (secondary N) is 1. The summed E-state index contributed by atoms with van der Waals surface area (Å²) in [5.74, 6) is 2.40. The predicted octanol–water partition coefficient (Wildman–Crippen LogP) is 4.43. The van der Waals surface area contributed by atoms with Gasteiger partial charge in [-0.05, 0) is 49.2 Å². The fraction of sp³-hybridized carbons (Fsp3) is 0.200. The van der Waals surface area contributed by atoms with Gasteiger partial charge in [-0.25, -0.2) is 4.98 Å². The van der Waals surface area contributed by atoms with Crippen molar-refractivity contribution >= 4 is 22.7 Å². The molecule has 2 aromatic carbocycles. The van der Waals surface area contributed by atoms with E-state index in [-0.39, 0.29) is 5.75 Å². The molecule has 0 amide bonds. The molecule has 1 N–H and O–H groups in total. The lowest BCUT2D eigenvalue weighted by Gasteiger charge is -2.10. The van der Waals surface area contributed by atoms with Crippen LogP contribution in [-0.4, -0.2) is 31.3 Å². The van der Waals surface area contributed by atoms with Gasteiger partial charge in [0.2, 0.25) is 5.95 Å². The van der Waals surface area contributed by atoms with E-state index in [9.17, 15) is 8.78 Å². The minimum absolute atomic E-state index is 0.0808. The van der Waals surface area contributed by atoms with Crippen molar-refractivity contribution in [3.63, 3.8) is 0 Å². The highest BCUT2D eigenvalue weighted by Gasteiger charge is 2.30. The first-order valence-electron chi connectivity index (χ1n) is 9.17. The highest BCUT2D eigenvalue weighted by atomic mass is 19.3. The van der Waals surface area contributed by atoms with E-state index in [1.54, 1.807) is 18.3 Å². The number of anilines is 2.